The highest BCUT2D eigenvalue weighted by atomic mass is 19.1. The standard InChI is InChI=1S/C21H20FN3O3/c1-3-27-18-7-5-4-6-15(18)21-23-20(24-28-21)14-11-19(26)25(12-14)17-10-13(2)8-9-16(17)22/h4-10,14H,3,11-12H2,1-2H3. The molecule has 2 heterocycles. The molecule has 0 radical (unpaired) electrons. The zero-order valence-electron chi connectivity index (χ0n) is 15.7. The van der Waals surface area contributed by atoms with E-state index in [1.807, 2.05) is 38.1 Å². The average molecular weight is 381 g/mol. The van der Waals surface area contributed by atoms with Crippen molar-refractivity contribution in [3.63, 3.8) is 0 Å². The van der Waals surface area contributed by atoms with E-state index in [2.05, 4.69) is 10.1 Å². The third kappa shape index (κ3) is 3.35. The normalized spacial score (nSPS) is 16.6. The number of para-hydroxylation sites is 1. The van der Waals surface area contributed by atoms with Crippen LogP contribution in [0.1, 0.15) is 30.7 Å². The van der Waals surface area contributed by atoms with Crippen molar-refractivity contribution in [3.05, 3.63) is 59.7 Å². The van der Waals surface area contributed by atoms with Crippen LogP contribution in [0.2, 0.25) is 0 Å². The molecule has 6 nitrogen and oxygen atoms in total. The molecule has 144 valence electrons. The lowest BCUT2D eigenvalue weighted by molar-refractivity contribution is -0.117. The first kappa shape index (κ1) is 18.2. The summed E-state index contributed by atoms with van der Waals surface area (Å²) in [5.74, 6) is 0.599. The quantitative estimate of drug-likeness (QED) is 0.665. The molecule has 1 aliphatic heterocycles. The van der Waals surface area contributed by atoms with Gasteiger partial charge < -0.3 is 14.2 Å². The molecular weight excluding hydrogens is 361 g/mol. The molecule has 1 aliphatic rings. The highest BCUT2D eigenvalue weighted by Gasteiger charge is 2.36. The van der Waals surface area contributed by atoms with Crippen LogP contribution in [0.3, 0.4) is 0 Å². The Labute approximate surface area is 161 Å². The second-order valence-electron chi connectivity index (χ2n) is 6.75. The summed E-state index contributed by atoms with van der Waals surface area (Å²) in [4.78, 5) is 18.4. The van der Waals surface area contributed by atoms with Gasteiger partial charge in [-0.25, -0.2) is 4.39 Å². The van der Waals surface area contributed by atoms with Gasteiger partial charge in [0.15, 0.2) is 5.82 Å². The lowest BCUT2D eigenvalue weighted by Gasteiger charge is -2.17. The maximum Gasteiger partial charge on any atom is 0.261 e. The van der Waals surface area contributed by atoms with Crippen molar-refractivity contribution in [1.29, 1.82) is 0 Å². The summed E-state index contributed by atoms with van der Waals surface area (Å²) in [5.41, 5.74) is 1.88. The van der Waals surface area contributed by atoms with Crippen molar-refractivity contribution in [3.8, 4) is 17.2 Å². The number of hydrogen-bond donors (Lipinski definition) is 0. The van der Waals surface area contributed by atoms with Gasteiger partial charge in [0.2, 0.25) is 5.91 Å². The van der Waals surface area contributed by atoms with E-state index in [1.165, 1.54) is 11.0 Å². The van der Waals surface area contributed by atoms with E-state index in [4.69, 9.17) is 9.26 Å². The van der Waals surface area contributed by atoms with Crippen LogP contribution in [0.15, 0.2) is 47.0 Å². The summed E-state index contributed by atoms with van der Waals surface area (Å²) < 4.78 is 25.2. The molecule has 3 aromatic rings. The van der Waals surface area contributed by atoms with E-state index in [9.17, 15) is 9.18 Å². The number of rotatable bonds is 5. The van der Waals surface area contributed by atoms with Crippen LogP contribution >= 0.6 is 0 Å². The third-order valence-corrected chi connectivity index (χ3v) is 4.74. The summed E-state index contributed by atoms with van der Waals surface area (Å²) in [7, 11) is 0. The summed E-state index contributed by atoms with van der Waals surface area (Å²) in [6.07, 6.45) is 0.208. The largest absolute Gasteiger partial charge is 0.493 e. The molecule has 0 spiro atoms. The second-order valence-corrected chi connectivity index (χ2v) is 6.75. The first-order valence-electron chi connectivity index (χ1n) is 9.19. The Kier molecular flexibility index (Phi) is 4.81. The number of carbonyl (C=O) groups is 1. The van der Waals surface area contributed by atoms with Crippen LogP contribution in [-0.2, 0) is 4.79 Å². The number of ether oxygens (including phenoxy) is 1. The van der Waals surface area contributed by atoms with Crippen LogP contribution in [0, 0.1) is 12.7 Å². The molecule has 1 saturated heterocycles. The summed E-state index contributed by atoms with van der Waals surface area (Å²) in [6, 6.07) is 12.1. The van der Waals surface area contributed by atoms with Crippen LogP contribution in [0.25, 0.3) is 11.5 Å². The number of anilines is 1. The van der Waals surface area contributed by atoms with Gasteiger partial charge in [-0.05, 0) is 43.7 Å². The summed E-state index contributed by atoms with van der Waals surface area (Å²) in [6.45, 7) is 4.60. The highest BCUT2D eigenvalue weighted by molar-refractivity contribution is 5.96. The number of carbonyl (C=O) groups excluding carboxylic acids is 1. The smallest absolute Gasteiger partial charge is 0.261 e. The maximum absolute atomic E-state index is 14.2. The molecular formula is C21H20FN3O3. The zero-order chi connectivity index (χ0) is 19.7. The van der Waals surface area contributed by atoms with Gasteiger partial charge in [0.25, 0.3) is 5.89 Å². The Morgan fingerprint density at radius 3 is 2.93 bits per heavy atom. The van der Waals surface area contributed by atoms with Crippen LogP contribution in [-0.4, -0.2) is 29.2 Å². The fraction of sp³-hybridized carbons (Fsp3) is 0.286. The first-order chi connectivity index (χ1) is 13.6. The molecule has 2 aromatic carbocycles. The van der Waals surface area contributed by atoms with E-state index in [0.717, 1.165) is 5.56 Å². The van der Waals surface area contributed by atoms with E-state index in [-0.39, 0.29) is 23.9 Å². The molecule has 28 heavy (non-hydrogen) atoms. The van der Waals surface area contributed by atoms with Crippen molar-refractivity contribution in [2.75, 3.05) is 18.1 Å². The average Bonchev–Trinajstić information content (AvgIpc) is 3.31. The van der Waals surface area contributed by atoms with Crippen molar-refractivity contribution in [1.82, 2.24) is 10.1 Å². The molecule has 1 amide bonds. The van der Waals surface area contributed by atoms with E-state index in [1.54, 1.807) is 12.1 Å². The van der Waals surface area contributed by atoms with E-state index < -0.39 is 5.82 Å². The van der Waals surface area contributed by atoms with Gasteiger partial charge in [-0.15, -0.1) is 0 Å². The van der Waals surface area contributed by atoms with Gasteiger partial charge in [0, 0.05) is 18.9 Å². The minimum absolute atomic E-state index is 0.157. The van der Waals surface area contributed by atoms with Crippen LogP contribution < -0.4 is 9.64 Å². The van der Waals surface area contributed by atoms with Gasteiger partial charge in [0.05, 0.1) is 17.9 Å². The minimum Gasteiger partial charge on any atom is -0.493 e. The third-order valence-electron chi connectivity index (χ3n) is 4.74. The molecule has 0 N–H and O–H groups in total. The van der Waals surface area contributed by atoms with E-state index >= 15 is 0 Å². The summed E-state index contributed by atoms with van der Waals surface area (Å²) >= 11 is 0. The van der Waals surface area contributed by atoms with Crippen molar-refractivity contribution in [2.24, 2.45) is 0 Å². The lowest BCUT2D eigenvalue weighted by Crippen LogP contribution is -2.25. The number of nitrogens with zero attached hydrogens (tertiary/aromatic N) is 3. The fourth-order valence-corrected chi connectivity index (χ4v) is 3.38. The van der Waals surface area contributed by atoms with Gasteiger partial charge >= 0.3 is 0 Å². The van der Waals surface area contributed by atoms with Crippen LogP contribution in [0.5, 0.6) is 5.75 Å². The molecule has 1 unspecified atom stereocenters. The molecule has 0 bridgehead atoms. The molecule has 7 heteroatoms. The van der Waals surface area contributed by atoms with Crippen molar-refractivity contribution in [2.45, 2.75) is 26.2 Å². The number of amides is 1. The Hall–Kier alpha value is -3.22. The Balaban J connectivity index is 1.59. The molecule has 0 aliphatic carbocycles. The predicted octanol–water partition coefficient (Wildman–Crippen LogP) is 4.10. The van der Waals surface area contributed by atoms with Gasteiger partial charge in [0.1, 0.15) is 11.6 Å². The number of aryl methyl sites for hydroxylation is 1. The van der Waals surface area contributed by atoms with E-state index in [0.29, 0.717) is 36.2 Å². The Morgan fingerprint density at radius 1 is 1.29 bits per heavy atom. The van der Waals surface area contributed by atoms with Crippen molar-refractivity contribution >= 4 is 11.6 Å². The minimum atomic E-state index is -0.418. The number of hydrogen-bond acceptors (Lipinski definition) is 5. The molecule has 0 saturated carbocycles. The number of halogens is 1. The Morgan fingerprint density at radius 2 is 2.11 bits per heavy atom. The monoisotopic (exact) mass is 381 g/mol. The first-order valence-corrected chi connectivity index (χ1v) is 9.19. The van der Waals surface area contributed by atoms with Gasteiger partial charge in [-0.2, -0.15) is 4.98 Å². The van der Waals surface area contributed by atoms with Crippen molar-refractivity contribution < 1.29 is 18.4 Å². The molecule has 1 aromatic heterocycles. The topological polar surface area (TPSA) is 68.5 Å². The Bertz CT molecular complexity index is 1020. The molecule has 1 atom stereocenters. The maximum atomic E-state index is 14.2. The zero-order valence-corrected chi connectivity index (χ0v) is 15.7. The second kappa shape index (κ2) is 7.42. The SMILES string of the molecule is CCOc1ccccc1-c1nc(C2CC(=O)N(c3cc(C)ccc3F)C2)no1. The van der Waals surface area contributed by atoms with Gasteiger partial charge in [-0.1, -0.05) is 23.4 Å². The highest BCUT2D eigenvalue weighted by Crippen LogP contribution is 2.34. The molecule has 1 fully saturated rings. The predicted molar refractivity (Wildman–Crippen MR) is 102 cm³/mol. The summed E-state index contributed by atoms with van der Waals surface area (Å²) in [5, 5.41) is 4.06. The number of benzene rings is 2. The number of aromatic nitrogens is 2. The van der Waals surface area contributed by atoms with Crippen LogP contribution in [0.4, 0.5) is 10.1 Å². The van der Waals surface area contributed by atoms with Gasteiger partial charge in [-0.3, -0.25) is 4.79 Å². The fourth-order valence-electron chi connectivity index (χ4n) is 3.38. The lowest BCUT2D eigenvalue weighted by atomic mass is 10.1. The molecule has 4 rings (SSSR count).